The van der Waals surface area contributed by atoms with Crippen molar-refractivity contribution in [1.82, 2.24) is 10.6 Å². The van der Waals surface area contributed by atoms with Gasteiger partial charge in [-0.05, 0) is 57.5 Å². The van der Waals surface area contributed by atoms with Gasteiger partial charge in [0.2, 0.25) is 0 Å². The SMILES string of the molecule is CC(C)(C)OC(=O)NCCCNC(=O)c1ccccc1C(=O)c1ccc(Cl)cc1. The summed E-state index contributed by atoms with van der Waals surface area (Å²) in [6.45, 7) is 6.07. The summed E-state index contributed by atoms with van der Waals surface area (Å²) >= 11 is 5.87. The number of ketones is 1. The second-order valence-electron chi connectivity index (χ2n) is 7.42. The van der Waals surface area contributed by atoms with Crippen LogP contribution in [0.5, 0.6) is 0 Å². The van der Waals surface area contributed by atoms with E-state index in [1.165, 1.54) is 0 Å². The second kappa shape index (κ2) is 10.1. The molecule has 154 valence electrons. The molecule has 2 aromatic carbocycles. The Hall–Kier alpha value is -2.86. The van der Waals surface area contributed by atoms with Gasteiger partial charge in [0.25, 0.3) is 5.91 Å². The van der Waals surface area contributed by atoms with E-state index in [1.807, 2.05) is 0 Å². The molecule has 0 atom stereocenters. The third kappa shape index (κ3) is 7.23. The fraction of sp³-hybridized carbons (Fsp3) is 0.318. The van der Waals surface area contributed by atoms with E-state index in [9.17, 15) is 14.4 Å². The largest absolute Gasteiger partial charge is 0.444 e. The predicted octanol–water partition coefficient (Wildman–Crippen LogP) is 4.22. The predicted molar refractivity (Wildman–Crippen MR) is 113 cm³/mol. The van der Waals surface area contributed by atoms with Gasteiger partial charge in [-0.15, -0.1) is 0 Å². The lowest BCUT2D eigenvalue weighted by Gasteiger charge is -2.19. The summed E-state index contributed by atoms with van der Waals surface area (Å²) in [5, 5.41) is 5.94. The quantitative estimate of drug-likeness (QED) is 0.523. The molecule has 0 aromatic heterocycles. The zero-order valence-corrected chi connectivity index (χ0v) is 17.5. The van der Waals surface area contributed by atoms with Crippen LogP contribution in [0.25, 0.3) is 0 Å². The molecule has 0 aliphatic rings. The third-order valence-corrected chi connectivity index (χ3v) is 4.08. The first-order valence-corrected chi connectivity index (χ1v) is 9.69. The zero-order chi connectivity index (χ0) is 21.4. The molecule has 0 fully saturated rings. The average Bonchev–Trinajstić information content (AvgIpc) is 2.66. The Morgan fingerprint density at radius 2 is 1.48 bits per heavy atom. The van der Waals surface area contributed by atoms with Crippen molar-refractivity contribution >= 4 is 29.4 Å². The van der Waals surface area contributed by atoms with E-state index in [2.05, 4.69) is 10.6 Å². The van der Waals surface area contributed by atoms with Gasteiger partial charge in [-0.25, -0.2) is 4.79 Å². The molecule has 2 aromatic rings. The smallest absolute Gasteiger partial charge is 0.407 e. The van der Waals surface area contributed by atoms with Gasteiger partial charge < -0.3 is 15.4 Å². The van der Waals surface area contributed by atoms with Crippen LogP contribution < -0.4 is 10.6 Å². The number of ether oxygens (including phenoxy) is 1. The highest BCUT2D eigenvalue weighted by Gasteiger charge is 2.18. The van der Waals surface area contributed by atoms with Crippen molar-refractivity contribution in [2.75, 3.05) is 13.1 Å². The maximum Gasteiger partial charge on any atom is 0.407 e. The number of alkyl carbamates (subject to hydrolysis) is 1. The van der Waals surface area contributed by atoms with E-state index in [-0.39, 0.29) is 11.7 Å². The van der Waals surface area contributed by atoms with Crippen LogP contribution in [0.3, 0.4) is 0 Å². The Kier molecular flexibility index (Phi) is 7.79. The lowest BCUT2D eigenvalue weighted by molar-refractivity contribution is 0.0527. The number of hydrogen-bond donors (Lipinski definition) is 2. The molecule has 0 aliphatic heterocycles. The summed E-state index contributed by atoms with van der Waals surface area (Å²) < 4.78 is 5.14. The van der Waals surface area contributed by atoms with Crippen molar-refractivity contribution < 1.29 is 19.1 Å². The second-order valence-corrected chi connectivity index (χ2v) is 7.86. The summed E-state index contributed by atoms with van der Waals surface area (Å²) in [6.07, 6.45) is 0.0286. The van der Waals surface area contributed by atoms with Crippen molar-refractivity contribution in [2.24, 2.45) is 0 Å². The van der Waals surface area contributed by atoms with Gasteiger partial charge in [0.1, 0.15) is 5.60 Å². The van der Waals surface area contributed by atoms with Crippen LogP contribution in [0.2, 0.25) is 5.02 Å². The summed E-state index contributed by atoms with van der Waals surface area (Å²) in [6, 6.07) is 13.2. The summed E-state index contributed by atoms with van der Waals surface area (Å²) in [5.74, 6) is -0.598. The molecule has 0 aliphatic carbocycles. The van der Waals surface area contributed by atoms with Crippen LogP contribution in [-0.2, 0) is 4.74 Å². The van der Waals surface area contributed by atoms with Crippen LogP contribution in [0, 0.1) is 0 Å². The summed E-state index contributed by atoms with van der Waals surface area (Å²) in [4.78, 5) is 36.9. The standard InChI is InChI=1S/C22H25ClN2O4/c1-22(2,3)29-21(28)25-14-6-13-24-20(27)18-8-5-4-7-17(18)19(26)15-9-11-16(23)12-10-15/h4-5,7-12H,6,13-14H2,1-3H3,(H,24,27)(H,25,28). The Bertz CT molecular complexity index is 873. The van der Waals surface area contributed by atoms with E-state index in [1.54, 1.807) is 69.3 Å². The molecule has 29 heavy (non-hydrogen) atoms. The molecular formula is C22H25ClN2O4. The lowest BCUT2D eigenvalue weighted by atomic mass is 9.98. The van der Waals surface area contributed by atoms with E-state index < -0.39 is 11.7 Å². The first-order chi connectivity index (χ1) is 13.7. The maximum absolute atomic E-state index is 12.8. The summed E-state index contributed by atoms with van der Waals surface area (Å²) in [7, 11) is 0. The normalized spacial score (nSPS) is 10.9. The minimum Gasteiger partial charge on any atom is -0.444 e. The molecule has 2 N–H and O–H groups in total. The fourth-order valence-electron chi connectivity index (χ4n) is 2.53. The average molecular weight is 417 g/mol. The Balaban J connectivity index is 1.91. The molecule has 6 nitrogen and oxygen atoms in total. The molecule has 0 radical (unpaired) electrons. The molecule has 2 rings (SSSR count). The molecule has 0 saturated carbocycles. The molecule has 0 bridgehead atoms. The third-order valence-electron chi connectivity index (χ3n) is 3.83. The highest BCUT2D eigenvalue weighted by Crippen LogP contribution is 2.17. The number of carbonyl (C=O) groups is 3. The first kappa shape index (κ1) is 22.4. The molecule has 0 unspecified atom stereocenters. The molecular weight excluding hydrogens is 392 g/mol. The molecule has 0 spiro atoms. The van der Waals surface area contributed by atoms with Gasteiger partial charge >= 0.3 is 6.09 Å². The van der Waals surface area contributed by atoms with Gasteiger partial charge in [-0.2, -0.15) is 0 Å². The highest BCUT2D eigenvalue weighted by atomic mass is 35.5. The van der Waals surface area contributed by atoms with Crippen molar-refractivity contribution in [1.29, 1.82) is 0 Å². The van der Waals surface area contributed by atoms with Crippen molar-refractivity contribution in [3.05, 3.63) is 70.2 Å². The number of carbonyl (C=O) groups excluding carboxylic acids is 3. The lowest BCUT2D eigenvalue weighted by Crippen LogP contribution is -2.34. The van der Waals surface area contributed by atoms with Gasteiger partial charge in [-0.3, -0.25) is 9.59 Å². The molecule has 0 saturated heterocycles. The topological polar surface area (TPSA) is 84.5 Å². The monoisotopic (exact) mass is 416 g/mol. The van der Waals surface area contributed by atoms with Crippen LogP contribution >= 0.6 is 11.6 Å². The Morgan fingerprint density at radius 1 is 0.897 bits per heavy atom. The van der Waals surface area contributed by atoms with Crippen LogP contribution in [-0.4, -0.2) is 36.5 Å². The number of halogens is 1. The van der Waals surface area contributed by atoms with Crippen molar-refractivity contribution in [3.63, 3.8) is 0 Å². The minimum absolute atomic E-state index is 0.251. The first-order valence-electron chi connectivity index (χ1n) is 9.32. The van der Waals surface area contributed by atoms with E-state index in [0.717, 1.165) is 0 Å². The zero-order valence-electron chi connectivity index (χ0n) is 16.8. The molecule has 2 amide bonds. The van der Waals surface area contributed by atoms with Crippen LogP contribution in [0.1, 0.15) is 53.5 Å². The Morgan fingerprint density at radius 3 is 2.10 bits per heavy atom. The Labute approximate surface area is 175 Å². The van der Waals surface area contributed by atoms with Gasteiger partial charge in [0, 0.05) is 29.2 Å². The van der Waals surface area contributed by atoms with Gasteiger partial charge in [0.05, 0.1) is 5.56 Å². The molecule has 0 heterocycles. The van der Waals surface area contributed by atoms with Gasteiger partial charge in [-0.1, -0.05) is 29.8 Å². The van der Waals surface area contributed by atoms with E-state index in [4.69, 9.17) is 16.3 Å². The number of hydrogen-bond acceptors (Lipinski definition) is 4. The molecule has 7 heteroatoms. The minimum atomic E-state index is -0.557. The van der Waals surface area contributed by atoms with E-state index in [0.29, 0.717) is 41.2 Å². The number of rotatable bonds is 7. The number of nitrogens with one attached hydrogen (secondary N) is 2. The van der Waals surface area contributed by atoms with Crippen molar-refractivity contribution in [3.8, 4) is 0 Å². The number of benzene rings is 2. The van der Waals surface area contributed by atoms with Gasteiger partial charge in [0.15, 0.2) is 5.78 Å². The number of amides is 2. The maximum atomic E-state index is 12.8. The van der Waals surface area contributed by atoms with E-state index >= 15 is 0 Å². The summed E-state index contributed by atoms with van der Waals surface area (Å²) in [5.41, 5.74) is 0.515. The van der Waals surface area contributed by atoms with Crippen molar-refractivity contribution in [2.45, 2.75) is 32.8 Å². The van der Waals surface area contributed by atoms with Crippen LogP contribution in [0.15, 0.2) is 48.5 Å². The van der Waals surface area contributed by atoms with Crippen LogP contribution in [0.4, 0.5) is 4.79 Å². The fourth-order valence-corrected chi connectivity index (χ4v) is 2.65. The highest BCUT2D eigenvalue weighted by molar-refractivity contribution is 6.30.